The molecule has 0 saturated heterocycles. The maximum absolute atomic E-state index is 12.1. The van der Waals surface area contributed by atoms with Gasteiger partial charge in [0.15, 0.2) is 6.04 Å². The van der Waals surface area contributed by atoms with Crippen molar-refractivity contribution in [2.24, 2.45) is 0 Å². The van der Waals surface area contributed by atoms with Gasteiger partial charge in [-0.15, -0.1) is 0 Å². The van der Waals surface area contributed by atoms with Gasteiger partial charge < -0.3 is 14.8 Å². The van der Waals surface area contributed by atoms with Crippen LogP contribution in [0.4, 0.5) is 4.79 Å². The molecule has 1 rings (SSSR count). The van der Waals surface area contributed by atoms with Crippen molar-refractivity contribution in [2.75, 3.05) is 20.8 Å². The third kappa shape index (κ3) is 6.04. The number of carbonyl (C=O) groups excluding carboxylic acids is 1. The number of carbonyl (C=O) groups is 1. The van der Waals surface area contributed by atoms with E-state index in [1.807, 2.05) is 32.4 Å². The molecule has 0 radical (unpaired) electrons. The molecular weight excluding hydrogens is 268 g/mol. The molecule has 1 amide bonds. The summed E-state index contributed by atoms with van der Waals surface area (Å²) in [6, 6.07) is 0.487. The van der Waals surface area contributed by atoms with Crippen LogP contribution in [0.3, 0.4) is 0 Å². The molecule has 1 aliphatic carbocycles. The minimum atomic E-state index is -0.475. The SMILES string of the molecule is C=[N+](C)[C@H]1CC[C@@](CCOC)(NC(=O)OC(C)(C)C)CC1. The average Bonchev–Trinajstić information content (AvgIpc) is 2.34. The zero-order valence-electron chi connectivity index (χ0n) is 14.2. The Morgan fingerprint density at radius 3 is 2.38 bits per heavy atom. The molecule has 0 aromatic rings. The summed E-state index contributed by atoms with van der Waals surface area (Å²) < 4.78 is 12.6. The monoisotopic (exact) mass is 299 g/mol. The smallest absolute Gasteiger partial charge is 0.408 e. The largest absolute Gasteiger partial charge is 0.444 e. The quantitative estimate of drug-likeness (QED) is 0.627. The lowest BCUT2D eigenvalue weighted by Crippen LogP contribution is -2.53. The van der Waals surface area contributed by atoms with Crippen molar-refractivity contribution in [3.8, 4) is 0 Å². The molecule has 0 aromatic heterocycles. The first kappa shape index (κ1) is 18.0. The first-order valence-electron chi connectivity index (χ1n) is 7.71. The van der Waals surface area contributed by atoms with Gasteiger partial charge >= 0.3 is 6.09 Å². The molecule has 0 bridgehead atoms. The van der Waals surface area contributed by atoms with Crippen molar-refractivity contribution in [3.05, 3.63) is 0 Å². The van der Waals surface area contributed by atoms with Crippen LogP contribution in [0.5, 0.6) is 0 Å². The maximum Gasteiger partial charge on any atom is 0.408 e. The standard InChI is InChI=1S/C16H30N2O3/c1-15(2,3)21-14(19)17-16(11-12-20-6)9-7-13(8-10-16)18(4)5/h13H,4,7-12H2,1-3,5-6H3/p+1/t13-,16+. The Bertz CT molecular complexity index is 366. The van der Waals surface area contributed by atoms with Crippen molar-refractivity contribution in [1.29, 1.82) is 0 Å². The van der Waals surface area contributed by atoms with E-state index in [2.05, 4.69) is 12.0 Å². The van der Waals surface area contributed by atoms with E-state index in [0.717, 1.165) is 32.1 Å². The molecule has 1 fully saturated rings. The molecule has 0 atom stereocenters. The second kappa shape index (κ2) is 7.25. The second-order valence-electron chi connectivity index (χ2n) is 7.14. The molecule has 1 N–H and O–H groups in total. The highest BCUT2D eigenvalue weighted by atomic mass is 16.6. The van der Waals surface area contributed by atoms with Crippen molar-refractivity contribution in [2.45, 2.75) is 70.1 Å². The van der Waals surface area contributed by atoms with Crippen LogP contribution in [0.2, 0.25) is 0 Å². The first-order chi connectivity index (χ1) is 9.67. The summed E-state index contributed by atoms with van der Waals surface area (Å²) in [5.41, 5.74) is -0.692. The Morgan fingerprint density at radius 2 is 1.95 bits per heavy atom. The van der Waals surface area contributed by atoms with Gasteiger partial charge in [0.05, 0.1) is 0 Å². The summed E-state index contributed by atoms with van der Waals surface area (Å²) in [7, 11) is 3.70. The fourth-order valence-corrected chi connectivity index (χ4v) is 2.85. The van der Waals surface area contributed by atoms with Gasteiger partial charge in [-0.2, -0.15) is 0 Å². The summed E-state index contributed by atoms with van der Waals surface area (Å²) in [4.78, 5) is 12.1. The number of alkyl carbamates (subject to hydrolysis) is 1. The summed E-state index contributed by atoms with van der Waals surface area (Å²) >= 11 is 0. The highest BCUT2D eigenvalue weighted by Crippen LogP contribution is 2.32. The average molecular weight is 299 g/mol. The van der Waals surface area contributed by atoms with Crippen LogP contribution in [0.15, 0.2) is 0 Å². The van der Waals surface area contributed by atoms with E-state index in [4.69, 9.17) is 9.47 Å². The molecule has 21 heavy (non-hydrogen) atoms. The Hall–Kier alpha value is -1.10. The highest BCUT2D eigenvalue weighted by Gasteiger charge is 2.39. The summed E-state index contributed by atoms with van der Waals surface area (Å²) in [6.07, 6.45) is 4.40. The fraction of sp³-hybridized carbons (Fsp3) is 0.875. The molecule has 1 saturated carbocycles. The van der Waals surface area contributed by atoms with Crippen LogP contribution in [0, 0.1) is 0 Å². The summed E-state index contributed by atoms with van der Waals surface area (Å²) in [6.45, 7) is 10.3. The number of ether oxygens (including phenoxy) is 2. The van der Waals surface area contributed by atoms with Gasteiger partial charge in [0.1, 0.15) is 19.4 Å². The molecule has 0 spiro atoms. The van der Waals surface area contributed by atoms with Crippen molar-refractivity contribution in [1.82, 2.24) is 5.32 Å². The zero-order chi connectivity index (χ0) is 16.1. The van der Waals surface area contributed by atoms with E-state index in [9.17, 15) is 4.79 Å². The van der Waals surface area contributed by atoms with E-state index in [1.54, 1.807) is 7.11 Å². The molecule has 5 nitrogen and oxygen atoms in total. The van der Waals surface area contributed by atoms with Gasteiger partial charge in [-0.1, -0.05) is 0 Å². The predicted molar refractivity (Wildman–Crippen MR) is 84.2 cm³/mol. The lowest BCUT2D eigenvalue weighted by Gasteiger charge is -2.39. The van der Waals surface area contributed by atoms with Crippen molar-refractivity contribution >= 4 is 12.8 Å². The fourth-order valence-electron chi connectivity index (χ4n) is 2.85. The molecule has 0 unspecified atom stereocenters. The van der Waals surface area contributed by atoms with Crippen LogP contribution in [0.25, 0.3) is 0 Å². The van der Waals surface area contributed by atoms with Crippen molar-refractivity contribution < 1.29 is 18.8 Å². The third-order valence-corrected chi connectivity index (χ3v) is 4.09. The Labute approximate surface area is 128 Å². The minimum absolute atomic E-state index is 0.217. The van der Waals surface area contributed by atoms with Gasteiger partial charge in [0, 0.05) is 32.1 Å². The van der Waals surface area contributed by atoms with E-state index in [-0.39, 0.29) is 11.6 Å². The number of hydrogen-bond acceptors (Lipinski definition) is 3. The van der Waals surface area contributed by atoms with Crippen LogP contribution in [-0.2, 0) is 9.47 Å². The molecule has 5 heteroatoms. The predicted octanol–water partition coefficient (Wildman–Crippen LogP) is 2.57. The van der Waals surface area contributed by atoms with E-state index < -0.39 is 5.60 Å². The molecule has 0 aliphatic heterocycles. The van der Waals surface area contributed by atoms with Gasteiger partial charge in [-0.3, -0.25) is 0 Å². The Kier molecular flexibility index (Phi) is 6.20. The number of rotatable bonds is 5. The maximum atomic E-state index is 12.1. The lowest BCUT2D eigenvalue weighted by molar-refractivity contribution is -0.534. The highest BCUT2D eigenvalue weighted by molar-refractivity contribution is 5.68. The van der Waals surface area contributed by atoms with Gasteiger partial charge in [0.25, 0.3) is 0 Å². The Morgan fingerprint density at radius 1 is 1.38 bits per heavy atom. The van der Waals surface area contributed by atoms with Gasteiger partial charge in [-0.25, -0.2) is 9.37 Å². The number of amides is 1. The zero-order valence-corrected chi connectivity index (χ0v) is 14.2. The van der Waals surface area contributed by atoms with Crippen molar-refractivity contribution in [3.63, 3.8) is 0 Å². The molecule has 0 heterocycles. The van der Waals surface area contributed by atoms with Gasteiger partial charge in [0.2, 0.25) is 0 Å². The number of methoxy groups -OCH3 is 1. The van der Waals surface area contributed by atoms with E-state index >= 15 is 0 Å². The van der Waals surface area contributed by atoms with Gasteiger partial charge in [-0.05, 0) is 40.0 Å². The molecular formula is C16H31N2O3+. The minimum Gasteiger partial charge on any atom is -0.444 e. The number of nitrogens with zero attached hydrogens (tertiary/aromatic N) is 1. The van der Waals surface area contributed by atoms with E-state index in [0.29, 0.717) is 12.6 Å². The summed E-state index contributed by atoms with van der Waals surface area (Å²) in [5.74, 6) is 0. The molecule has 1 aliphatic rings. The lowest BCUT2D eigenvalue weighted by atomic mass is 9.77. The van der Waals surface area contributed by atoms with Crippen LogP contribution < -0.4 is 5.32 Å². The van der Waals surface area contributed by atoms with Crippen LogP contribution in [0.1, 0.15) is 52.9 Å². The number of hydrogen-bond donors (Lipinski definition) is 1. The summed E-state index contributed by atoms with van der Waals surface area (Å²) in [5, 5.41) is 3.10. The normalized spacial score (nSPS) is 26.2. The van der Waals surface area contributed by atoms with Crippen LogP contribution in [-0.4, -0.2) is 55.3 Å². The second-order valence-corrected chi connectivity index (χ2v) is 7.14. The first-order valence-corrected chi connectivity index (χ1v) is 7.71. The number of nitrogens with one attached hydrogen (secondary N) is 1. The molecule has 122 valence electrons. The molecule has 0 aromatic carbocycles. The Balaban J connectivity index is 2.67. The van der Waals surface area contributed by atoms with Crippen LogP contribution >= 0.6 is 0 Å². The van der Waals surface area contributed by atoms with E-state index in [1.165, 1.54) is 0 Å². The topological polar surface area (TPSA) is 50.6 Å². The third-order valence-electron chi connectivity index (χ3n) is 4.09.